The summed E-state index contributed by atoms with van der Waals surface area (Å²) in [6.45, 7) is 2.57. The van der Waals surface area contributed by atoms with Gasteiger partial charge in [0.25, 0.3) is 0 Å². The molecule has 1 aliphatic heterocycles. The number of hydrogen-bond donors (Lipinski definition) is 1. The third kappa shape index (κ3) is 2.11. The van der Waals surface area contributed by atoms with Crippen molar-refractivity contribution in [1.29, 1.82) is 0 Å². The van der Waals surface area contributed by atoms with Gasteiger partial charge < -0.3 is 10.5 Å². The number of nitrogens with zero attached hydrogens (tertiary/aromatic N) is 2. The van der Waals surface area contributed by atoms with Crippen molar-refractivity contribution in [2.75, 3.05) is 19.8 Å². The molecule has 17 heavy (non-hydrogen) atoms. The molecule has 1 aromatic heterocycles. The molecule has 2 fully saturated rings. The summed E-state index contributed by atoms with van der Waals surface area (Å²) in [5.74, 6) is 1.96. The summed E-state index contributed by atoms with van der Waals surface area (Å²) in [7, 11) is 2.02. The van der Waals surface area contributed by atoms with Gasteiger partial charge in [0.1, 0.15) is 0 Å². The van der Waals surface area contributed by atoms with E-state index in [0.29, 0.717) is 17.8 Å². The maximum Gasteiger partial charge on any atom is 0.0691 e. The fourth-order valence-corrected chi connectivity index (χ4v) is 2.99. The molecule has 1 aromatic rings. The quantitative estimate of drug-likeness (QED) is 0.861. The van der Waals surface area contributed by atoms with Crippen molar-refractivity contribution >= 4 is 0 Å². The van der Waals surface area contributed by atoms with E-state index in [4.69, 9.17) is 10.5 Å². The van der Waals surface area contributed by atoms with Gasteiger partial charge in [-0.2, -0.15) is 5.10 Å². The van der Waals surface area contributed by atoms with Crippen molar-refractivity contribution in [2.45, 2.75) is 31.1 Å². The van der Waals surface area contributed by atoms with Crippen molar-refractivity contribution in [1.82, 2.24) is 9.78 Å². The van der Waals surface area contributed by atoms with E-state index >= 15 is 0 Å². The van der Waals surface area contributed by atoms with Crippen LogP contribution in [-0.2, 0) is 11.8 Å². The summed E-state index contributed by atoms with van der Waals surface area (Å²) < 4.78 is 7.40. The minimum absolute atomic E-state index is 0.596. The Balaban J connectivity index is 1.83. The molecule has 2 aliphatic rings. The van der Waals surface area contributed by atoms with Gasteiger partial charge in [-0.15, -0.1) is 0 Å². The normalized spacial score (nSPS) is 29.5. The highest BCUT2D eigenvalue weighted by molar-refractivity contribution is 5.31. The topological polar surface area (TPSA) is 53.1 Å². The molecule has 1 aliphatic carbocycles. The van der Waals surface area contributed by atoms with Crippen LogP contribution in [-0.4, -0.2) is 29.5 Å². The molecule has 1 saturated carbocycles. The molecule has 3 rings (SSSR count). The highest BCUT2D eigenvalue weighted by atomic mass is 16.5. The van der Waals surface area contributed by atoms with Crippen molar-refractivity contribution in [2.24, 2.45) is 18.7 Å². The first-order valence-corrected chi connectivity index (χ1v) is 6.61. The Morgan fingerprint density at radius 3 is 2.88 bits per heavy atom. The molecule has 4 heteroatoms. The van der Waals surface area contributed by atoms with Crippen LogP contribution in [0.15, 0.2) is 6.20 Å². The predicted molar refractivity (Wildman–Crippen MR) is 65.9 cm³/mol. The average Bonchev–Trinajstić information content (AvgIpc) is 3.05. The average molecular weight is 235 g/mol. The van der Waals surface area contributed by atoms with E-state index in [-0.39, 0.29) is 0 Å². The fourth-order valence-electron chi connectivity index (χ4n) is 2.99. The zero-order chi connectivity index (χ0) is 11.8. The Morgan fingerprint density at radius 1 is 1.47 bits per heavy atom. The summed E-state index contributed by atoms with van der Waals surface area (Å²) in [6.07, 6.45) is 5.68. The first-order valence-electron chi connectivity index (χ1n) is 6.61. The van der Waals surface area contributed by atoms with E-state index < -0.39 is 0 Å². The number of hydrogen-bond acceptors (Lipinski definition) is 3. The molecule has 94 valence electrons. The SMILES string of the molecule is Cn1cc([C@@H]2C[C@H]2CN)c(C2CCOCC2)n1. The highest BCUT2D eigenvalue weighted by Crippen LogP contribution is 2.49. The zero-order valence-electron chi connectivity index (χ0n) is 10.4. The Kier molecular flexibility index (Phi) is 2.92. The van der Waals surface area contributed by atoms with E-state index in [1.54, 1.807) is 0 Å². The number of rotatable bonds is 3. The fraction of sp³-hybridized carbons (Fsp3) is 0.769. The molecular weight excluding hydrogens is 214 g/mol. The molecule has 2 heterocycles. The monoisotopic (exact) mass is 235 g/mol. The summed E-state index contributed by atoms with van der Waals surface area (Å²) in [5, 5.41) is 4.68. The lowest BCUT2D eigenvalue weighted by molar-refractivity contribution is 0.0842. The molecule has 0 unspecified atom stereocenters. The molecule has 2 N–H and O–H groups in total. The van der Waals surface area contributed by atoms with Gasteiger partial charge in [0.2, 0.25) is 0 Å². The highest BCUT2D eigenvalue weighted by Gasteiger charge is 2.40. The summed E-state index contributed by atoms with van der Waals surface area (Å²) >= 11 is 0. The van der Waals surface area contributed by atoms with Crippen molar-refractivity contribution in [3.63, 3.8) is 0 Å². The van der Waals surface area contributed by atoms with Crippen molar-refractivity contribution < 1.29 is 4.74 Å². The molecule has 2 atom stereocenters. The second kappa shape index (κ2) is 4.42. The lowest BCUT2D eigenvalue weighted by Gasteiger charge is -2.21. The molecule has 0 aromatic carbocycles. The van der Waals surface area contributed by atoms with E-state index in [0.717, 1.165) is 32.6 Å². The van der Waals surface area contributed by atoms with Crippen molar-refractivity contribution in [3.8, 4) is 0 Å². The van der Waals surface area contributed by atoms with Crippen LogP contribution in [0, 0.1) is 5.92 Å². The molecule has 0 amide bonds. The third-order valence-electron chi connectivity index (χ3n) is 4.12. The minimum atomic E-state index is 0.596. The van der Waals surface area contributed by atoms with Crippen LogP contribution in [0.1, 0.15) is 42.4 Å². The van der Waals surface area contributed by atoms with Gasteiger partial charge in [0.05, 0.1) is 5.69 Å². The van der Waals surface area contributed by atoms with Crippen LogP contribution in [0.4, 0.5) is 0 Å². The van der Waals surface area contributed by atoms with Crippen LogP contribution in [0.2, 0.25) is 0 Å². The van der Waals surface area contributed by atoms with E-state index in [9.17, 15) is 0 Å². The van der Waals surface area contributed by atoms with E-state index in [2.05, 4.69) is 11.3 Å². The van der Waals surface area contributed by atoms with Gasteiger partial charge in [-0.05, 0) is 43.2 Å². The number of aromatic nitrogens is 2. The Morgan fingerprint density at radius 2 is 2.24 bits per heavy atom. The Labute approximate surface area is 102 Å². The maximum atomic E-state index is 5.75. The lowest BCUT2D eigenvalue weighted by Crippen LogP contribution is -2.16. The van der Waals surface area contributed by atoms with Crippen LogP contribution in [0.5, 0.6) is 0 Å². The standard InChI is InChI=1S/C13H21N3O/c1-16-8-12(11-6-10(11)7-14)13(15-16)9-2-4-17-5-3-9/h8-11H,2-7,14H2,1H3/t10-,11+/m0/s1. The molecule has 4 nitrogen and oxygen atoms in total. The van der Waals surface area contributed by atoms with Crippen LogP contribution >= 0.6 is 0 Å². The number of nitrogens with two attached hydrogens (primary N) is 1. The second-order valence-electron chi connectivity index (χ2n) is 5.37. The third-order valence-corrected chi connectivity index (χ3v) is 4.12. The van der Waals surface area contributed by atoms with Gasteiger partial charge in [-0.1, -0.05) is 0 Å². The Hall–Kier alpha value is -0.870. The van der Waals surface area contributed by atoms with E-state index in [1.807, 2.05) is 11.7 Å². The molecule has 0 spiro atoms. The molecule has 1 saturated heterocycles. The Bertz CT molecular complexity index is 395. The number of aryl methyl sites for hydroxylation is 1. The molecule has 0 radical (unpaired) electrons. The maximum absolute atomic E-state index is 5.75. The zero-order valence-corrected chi connectivity index (χ0v) is 10.4. The summed E-state index contributed by atoms with van der Waals surface area (Å²) in [5.41, 5.74) is 8.52. The smallest absolute Gasteiger partial charge is 0.0691 e. The number of ether oxygens (including phenoxy) is 1. The van der Waals surface area contributed by atoms with Gasteiger partial charge in [0.15, 0.2) is 0 Å². The van der Waals surface area contributed by atoms with Crippen LogP contribution in [0.25, 0.3) is 0 Å². The molecule has 0 bridgehead atoms. The van der Waals surface area contributed by atoms with Crippen LogP contribution < -0.4 is 5.73 Å². The minimum Gasteiger partial charge on any atom is -0.381 e. The van der Waals surface area contributed by atoms with Crippen LogP contribution in [0.3, 0.4) is 0 Å². The first-order chi connectivity index (χ1) is 8.29. The van der Waals surface area contributed by atoms with Crippen molar-refractivity contribution in [3.05, 3.63) is 17.5 Å². The largest absolute Gasteiger partial charge is 0.381 e. The second-order valence-corrected chi connectivity index (χ2v) is 5.37. The first kappa shape index (κ1) is 11.2. The summed E-state index contributed by atoms with van der Waals surface area (Å²) in [6, 6.07) is 0. The predicted octanol–water partition coefficient (Wildman–Crippen LogP) is 1.38. The lowest BCUT2D eigenvalue weighted by atomic mass is 9.92. The van der Waals surface area contributed by atoms with E-state index in [1.165, 1.54) is 17.7 Å². The van der Waals surface area contributed by atoms with Gasteiger partial charge >= 0.3 is 0 Å². The van der Waals surface area contributed by atoms with Gasteiger partial charge in [-0.3, -0.25) is 4.68 Å². The summed E-state index contributed by atoms with van der Waals surface area (Å²) in [4.78, 5) is 0. The molecular formula is C13H21N3O. The van der Waals surface area contributed by atoms with Gasteiger partial charge in [0, 0.05) is 32.4 Å². The van der Waals surface area contributed by atoms with Gasteiger partial charge in [-0.25, -0.2) is 0 Å².